The fourth-order valence-corrected chi connectivity index (χ4v) is 5.09. The van der Waals surface area contributed by atoms with Crippen LogP contribution in [-0.2, 0) is 22.4 Å². The summed E-state index contributed by atoms with van der Waals surface area (Å²) in [6, 6.07) is 9.29. The number of nitrogens with two attached hydrogens (primary N) is 1. The molecule has 1 saturated carbocycles. The number of pyridine rings is 1. The second-order valence-corrected chi connectivity index (χ2v) is 9.59. The summed E-state index contributed by atoms with van der Waals surface area (Å²) in [4.78, 5) is 30.5. The van der Waals surface area contributed by atoms with E-state index in [9.17, 15) is 14.0 Å². The van der Waals surface area contributed by atoms with Gasteiger partial charge in [-0.05, 0) is 86.2 Å². The lowest BCUT2D eigenvalue weighted by molar-refractivity contribution is -0.130. The molecule has 0 radical (unpaired) electrons. The zero-order valence-electron chi connectivity index (χ0n) is 18.5. The van der Waals surface area contributed by atoms with Crippen LogP contribution < -0.4 is 21.7 Å². The summed E-state index contributed by atoms with van der Waals surface area (Å²) >= 11 is 0. The molecule has 1 saturated heterocycles. The second-order valence-electron chi connectivity index (χ2n) is 9.59. The van der Waals surface area contributed by atoms with Crippen LogP contribution in [0.2, 0.25) is 0 Å². The molecule has 3 aliphatic rings. The molecule has 2 heterocycles. The van der Waals surface area contributed by atoms with Crippen molar-refractivity contribution in [2.75, 3.05) is 12.3 Å². The molecule has 2 aliphatic carbocycles. The minimum atomic E-state index is -0.513. The predicted octanol–water partition coefficient (Wildman–Crippen LogP) is 2.02. The highest BCUT2D eigenvalue weighted by atomic mass is 19.1. The molecule has 2 aromatic rings. The number of hydrogen-bond donors (Lipinski definition) is 4. The Morgan fingerprint density at radius 3 is 2.70 bits per heavy atom. The first kappa shape index (κ1) is 21.8. The van der Waals surface area contributed by atoms with E-state index in [1.54, 1.807) is 18.2 Å². The summed E-state index contributed by atoms with van der Waals surface area (Å²) in [5, 5.41) is 9.45. The number of rotatable bonds is 7. The van der Waals surface area contributed by atoms with Crippen LogP contribution in [0.5, 0.6) is 0 Å². The van der Waals surface area contributed by atoms with Crippen molar-refractivity contribution in [2.24, 2.45) is 11.8 Å². The van der Waals surface area contributed by atoms with Crippen LogP contribution in [0.15, 0.2) is 36.4 Å². The van der Waals surface area contributed by atoms with Crippen molar-refractivity contribution in [3.63, 3.8) is 0 Å². The van der Waals surface area contributed by atoms with Crippen molar-refractivity contribution in [2.45, 2.75) is 56.7 Å². The number of amides is 2. The summed E-state index contributed by atoms with van der Waals surface area (Å²) in [7, 11) is 0. The van der Waals surface area contributed by atoms with Gasteiger partial charge in [-0.1, -0.05) is 18.2 Å². The number of carbonyl (C=O) groups excluding carboxylic acids is 2. The second kappa shape index (κ2) is 9.09. The van der Waals surface area contributed by atoms with Gasteiger partial charge < -0.3 is 21.7 Å². The molecule has 1 aromatic heterocycles. The molecular formula is C25H30FN5O2. The van der Waals surface area contributed by atoms with Crippen molar-refractivity contribution >= 4 is 17.6 Å². The maximum Gasteiger partial charge on any atom is 0.243 e. The van der Waals surface area contributed by atoms with Gasteiger partial charge in [-0.2, -0.15) is 0 Å². The number of halogens is 1. The third-order valence-corrected chi connectivity index (χ3v) is 7.04. The van der Waals surface area contributed by atoms with Crippen molar-refractivity contribution in [3.05, 3.63) is 59.0 Å². The van der Waals surface area contributed by atoms with E-state index in [1.165, 1.54) is 12.1 Å². The summed E-state index contributed by atoms with van der Waals surface area (Å²) in [6.07, 6.45) is 4.96. The molecule has 174 valence electrons. The van der Waals surface area contributed by atoms with Gasteiger partial charge in [-0.15, -0.1) is 0 Å². The van der Waals surface area contributed by atoms with E-state index in [2.05, 4.69) is 20.9 Å². The first-order valence-corrected chi connectivity index (χ1v) is 11.8. The van der Waals surface area contributed by atoms with Gasteiger partial charge in [-0.25, -0.2) is 9.37 Å². The van der Waals surface area contributed by atoms with Gasteiger partial charge in [0.15, 0.2) is 0 Å². The Hall–Kier alpha value is -3.00. The number of aryl methyl sites for hydroxylation is 1. The Morgan fingerprint density at radius 2 is 1.94 bits per heavy atom. The van der Waals surface area contributed by atoms with Gasteiger partial charge >= 0.3 is 0 Å². The number of benzene rings is 1. The summed E-state index contributed by atoms with van der Waals surface area (Å²) in [5.41, 5.74) is 8.80. The van der Waals surface area contributed by atoms with Crippen molar-refractivity contribution < 1.29 is 14.0 Å². The molecule has 4 atom stereocenters. The molecule has 0 spiro atoms. The Labute approximate surface area is 192 Å². The Bertz CT molecular complexity index is 1040. The van der Waals surface area contributed by atoms with Gasteiger partial charge in [0.1, 0.15) is 17.7 Å². The third-order valence-electron chi connectivity index (χ3n) is 7.04. The van der Waals surface area contributed by atoms with E-state index in [-0.39, 0.29) is 35.6 Å². The maximum absolute atomic E-state index is 13.1. The predicted molar refractivity (Wildman–Crippen MR) is 123 cm³/mol. The summed E-state index contributed by atoms with van der Waals surface area (Å²) in [6.45, 7) is 0.727. The minimum Gasteiger partial charge on any atom is -0.384 e. The number of aromatic nitrogens is 1. The number of fused-ring (bicyclic) bond motifs is 1. The van der Waals surface area contributed by atoms with E-state index in [1.807, 2.05) is 6.07 Å². The maximum atomic E-state index is 13.1. The van der Waals surface area contributed by atoms with Gasteiger partial charge in [-0.3, -0.25) is 9.59 Å². The van der Waals surface area contributed by atoms with Gasteiger partial charge in [0.25, 0.3) is 0 Å². The van der Waals surface area contributed by atoms with Gasteiger partial charge in [0, 0.05) is 5.69 Å². The SMILES string of the molecule is Nc1ccc2c(n1)CC[C@H]2NC(=O)[C@@H](NC(=O)[C@H]1C[C@H](Cc2ccc(F)cc2)CN1)C1CC1. The average Bonchev–Trinajstić information content (AvgIpc) is 3.41. The molecule has 7 nitrogen and oxygen atoms in total. The number of hydrogen-bond acceptors (Lipinski definition) is 5. The topological polar surface area (TPSA) is 109 Å². The lowest BCUT2D eigenvalue weighted by Crippen LogP contribution is -2.52. The van der Waals surface area contributed by atoms with Gasteiger partial charge in [0.2, 0.25) is 11.8 Å². The largest absolute Gasteiger partial charge is 0.384 e. The van der Waals surface area contributed by atoms with E-state index >= 15 is 0 Å². The van der Waals surface area contributed by atoms with Crippen LogP contribution in [0.3, 0.4) is 0 Å². The molecule has 5 N–H and O–H groups in total. The van der Waals surface area contributed by atoms with Crippen LogP contribution >= 0.6 is 0 Å². The number of nitrogen functional groups attached to an aromatic ring is 1. The highest BCUT2D eigenvalue weighted by Crippen LogP contribution is 2.35. The molecule has 33 heavy (non-hydrogen) atoms. The van der Waals surface area contributed by atoms with Crippen LogP contribution in [0.4, 0.5) is 10.2 Å². The molecular weight excluding hydrogens is 421 g/mol. The number of nitrogens with one attached hydrogen (secondary N) is 3. The van der Waals surface area contributed by atoms with E-state index in [0.717, 1.165) is 55.5 Å². The highest BCUT2D eigenvalue weighted by molar-refractivity contribution is 5.90. The number of anilines is 1. The average molecular weight is 452 g/mol. The standard InChI is InChI=1S/C25H30FN5O2/c26-17-5-1-14(2-6-17)11-15-12-21(28-13-15)24(32)31-23(16-3-4-16)25(33)30-20-9-8-19-18(20)7-10-22(27)29-19/h1-2,5-7,10,15-16,20-21,23,28H,3-4,8-9,11-13H2,(H2,27,29)(H,30,33)(H,31,32)/t15-,20+,21+,23-/m0/s1. The molecule has 2 amide bonds. The lowest BCUT2D eigenvalue weighted by atomic mass is 9.96. The molecule has 8 heteroatoms. The van der Waals surface area contributed by atoms with E-state index in [0.29, 0.717) is 18.2 Å². The highest BCUT2D eigenvalue weighted by Gasteiger charge is 2.40. The molecule has 0 bridgehead atoms. The molecule has 2 fully saturated rings. The first-order valence-electron chi connectivity index (χ1n) is 11.8. The molecule has 5 rings (SSSR count). The van der Waals surface area contributed by atoms with E-state index < -0.39 is 6.04 Å². The van der Waals surface area contributed by atoms with Crippen LogP contribution in [0.25, 0.3) is 0 Å². The Morgan fingerprint density at radius 1 is 1.15 bits per heavy atom. The smallest absolute Gasteiger partial charge is 0.243 e. The Balaban J connectivity index is 1.17. The zero-order chi connectivity index (χ0) is 22.9. The molecule has 1 aliphatic heterocycles. The third kappa shape index (κ3) is 5.00. The monoisotopic (exact) mass is 451 g/mol. The zero-order valence-corrected chi connectivity index (χ0v) is 18.5. The lowest BCUT2D eigenvalue weighted by Gasteiger charge is -2.23. The van der Waals surface area contributed by atoms with Crippen molar-refractivity contribution in [1.82, 2.24) is 20.9 Å². The van der Waals surface area contributed by atoms with Crippen molar-refractivity contribution in [1.29, 1.82) is 0 Å². The van der Waals surface area contributed by atoms with E-state index in [4.69, 9.17) is 5.73 Å². The quantitative estimate of drug-likeness (QED) is 0.515. The van der Waals surface area contributed by atoms with Crippen LogP contribution in [0, 0.1) is 17.7 Å². The minimum absolute atomic E-state index is 0.0940. The Kier molecular flexibility index (Phi) is 6.01. The summed E-state index contributed by atoms with van der Waals surface area (Å²) in [5.74, 6) is 0.494. The first-order chi connectivity index (χ1) is 16.0. The summed E-state index contributed by atoms with van der Waals surface area (Å²) < 4.78 is 13.1. The number of carbonyl (C=O) groups is 2. The normalized spacial score (nSPS) is 24.8. The van der Waals surface area contributed by atoms with Crippen LogP contribution in [-0.4, -0.2) is 35.4 Å². The fourth-order valence-electron chi connectivity index (χ4n) is 5.09. The fraction of sp³-hybridized carbons (Fsp3) is 0.480. The van der Waals surface area contributed by atoms with Crippen molar-refractivity contribution in [3.8, 4) is 0 Å². The van der Waals surface area contributed by atoms with Gasteiger partial charge in [0.05, 0.1) is 12.1 Å². The van der Waals surface area contributed by atoms with Crippen LogP contribution in [0.1, 0.15) is 48.5 Å². The molecule has 1 aromatic carbocycles. The number of nitrogens with zero attached hydrogens (tertiary/aromatic N) is 1. The molecule has 0 unspecified atom stereocenters.